The van der Waals surface area contributed by atoms with E-state index in [1.165, 1.54) is 0 Å². The Kier molecular flexibility index (Phi) is 5.15. The first-order valence-electron chi connectivity index (χ1n) is 8.38. The summed E-state index contributed by atoms with van der Waals surface area (Å²) in [6.07, 6.45) is 4.05. The highest BCUT2D eigenvalue weighted by Gasteiger charge is 2.24. The summed E-state index contributed by atoms with van der Waals surface area (Å²) in [7, 11) is 0. The molecule has 0 aliphatic heterocycles. The molecule has 1 aliphatic carbocycles. The zero-order valence-corrected chi connectivity index (χ0v) is 13.8. The minimum atomic E-state index is -0.615. The number of carbonyl (C=O) groups is 1. The lowest BCUT2D eigenvalue weighted by Crippen LogP contribution is -2.44. The molecule has 6 heteroatoms. The molecule has 2 aromatic rings. The Balaban J connectivity index is 1.54. The van der Waals surface area contributed by atoms with Crippen molar-refractivity contribution in [3.8, 4) is 11.6 Å². The number of aromatic nitrogens is 2. The van der Waals surface area contributed by atoms with Crippen molar-refractivity contribution in [1.82, 2.24) is 15.1 Å². The van der Waals surface area contributed by atoms with Gasteiger partial charge in [-0.1, -0.05) is 18.2 Å². The Morgan fingerprint density at radius 1 is 1.25 bits per heavy atom. The third kappa shape index (κ3) is 4.14. The van der Waals surface area contributed by atoms with Gasteiger partial charge in [-0.15, -0.1) is 5.10 Å². The Morgan fingerprint density at radius 3 is 2.67 bits per heavy atom. The number of nitrogens with one attached hydrogen (secondary N) is 1. The van der Waals surface area contributed by atoms with Crippen LogP contribution in [0.3, 0.4) is 0 Å². The smallest absolute Gasteiger partial charge is 0.261 e. The van der Waals surface area contributed by atoms with Crippen LogP contribution in [0.25, 0.3) is 5.69 Å². The van der Waals surface area contributed by atoms with E-state index < -0.39 is 6.10 Å². The van der Waals surface area contributed by atoms with Crippen LogP contribution in [0.1, 0.15) is 32.6 Å². The number of amides is 1. The molecule has 0 unspecified atom stereocenters. The first kappa shape index (κ1) is 16.5. The fourth-order valence-corrected chi connectivity index (χ4v) is 2.87. The van der Waals surface area contributed by atoms with Gasteiger partial charge in [0.1, 0.15) is 0 Å². The van der Waals surface area contributed by atoms with Crippen molar-refractivity contribution in [3.05, 3.63) is 42.6 Å². The summed E-state index contributed by atoms with van der Waals surface area (Å²) < 4.78 is 7.36. The second-order valence-electron chi connectivity index (χ2n) is 6.21. The minimum absolute atomic E-state index is 0.119. The molecule has 3 rings (SSSR count). The molecule has 1 aliphatic rings. The number of hydrogen-bond donors (Lipinski definition) is 2. The molecule has 1 fully saturated rings. The van der Waals surface area contributed by atoms with Crippen LogP contribution in [-0.2, 0) is 4.79 Å². The second-order valence-corrected chi connectivity index (χ2v) is 6.21. The van der Waals surface area contributed by atoms with Crippen molar-refractivity contribution in [1.29, 1.82) is 0 Å². The lowest BCUT2D eigenvalue weighted by molar-refractivity contribution is -0.128. The van der Waals surface area contributed by atoms with E-state index in [2.05, 4.69) is 10.4 Å². The minimum Gasteiger partial charge on any atom is -0.463 e. The largest absolute Gasteiger partial charge is 0.463 e. The van der Waals surface area contributed by atoms with Gasteiger partial charge in [0.2, 0.25) is 5.88 Å². The molecule has 0 spiro atoms. The Labute approximate surface area is 141 Å². The van der Waals surface area contributed by atoms with Gasteiger partial charge in [-0.05, 0) is 44.7 Å². The van der Waals surface area contributed by atoms with Crippen LogP contribution >= 0.6 is 0 Å². The van der Waals surface area contributed by atoms with Crippen LogP contribution < -0.4 is 10.1 Å². The van der Waals surface area contributed by atoms with Crippen LogP contribution in [-0.4, -0.2) is 39.0 Å². The zero-order valence-electron chi connectivity index (χ0n) is 13.8. The van der Waals surface area contributed by atoms with E-state index in [1.54, 1.807) is 23.9 Å². The summed E-state index contributed by atoms with van der Waals surface area (Å²) >= 11 is 0. The van der Waals surface area contributed by atoms with Gasteiger partial charge in [-0.25, -0.2) is 4.68 Å². The average Bonchev–Trinajstić information content (AvgIpc) is 3.06. The van der Waals surface area contributed by atoms with Gasteiger partial charge in [-0.2, -0.15) is 0 Å². The van der Waals surface area contributed by atoms with Gasteiger partial charge in [0.15, 0.2) is 6.10 Å². The normalized spacial score (nSPS) is 21.9. The SMILES string of the molecule is C[C@@H](Oc1ccn(-c2ccccc2)n1)C(=O)NC1CCC(O)CC1. The van der Waals surface area contributed by atoms with Gasteiger partial charge < -0.3 is 15.2 Å². The van der Waals surface area contributed by atoms with Gasteiger partial charge in [0.25, 0.3) is 5.91 Å². The van der Waals surface area contributed by atoms with Crippen molar-refractivity contribution in [2.24, 2.45) is 0 Å². The van der Waals surface area contributed by atoms with Crippen LogP contribution in [0.15, 0.2) is 42.6 Å². The number of ether oxygens (including phenoxy) is 1. The summed E-state index contributed by atoms with van der Waals surface area (Å²) in [6, 6.07) is 11.6. The molecular formula is C18H23N3O3. The van der Waals surface area contributed by atoms with Crippen molar-refractivity contribution < 1.29 is 14.6 Å². The fourth-order valence-electron chi connectivity index (χ4n) is 2.87. The zero-order chi connectivity index (χ0) is 16.9. The summed E-state index contributed by atoms with van der Waals surface area (Å²) in [6.45, 7) is 1.72. The average molecular weight is 329 g/mol. The molecule has 1 heterocycles. The van der Waals surface area contributed by atoms with Crippen molar-refractivity contribution in [2.75, 3.05) is 0 Å². The van der Waals surface area contributed by atoms with Crippen molar-refractivity contribution in [2.45, 2.75) is 50.9 Å². The molecule has 0 radical (unpaired) electrons. The summed E-state index contributed by atoms with van der Waals surface area (Å²) in [5.74, 6) is 0.270. The van der Waals surface area contributed by atoms with E-state index >= 15 is 0 Å². The number of aliphatic hydroxyl groups excluding tert-OH is 1. The standard InChI is InChI=1S/C18H23N3O3/c1-13(18(23)19-14-7-9-16(22)10-8-14)24-17-11-12-21(20-17)15-5-3-2-4-6-15/h2-6,11-14,16,22H,7-10H2,1H3,(H,19,23)/t13-,14?,16?/m1/s1. The lowest BCUT2D eigenvalue weighted by atomic mass is 9.93. The number of aliphatic hydroxyl groups is 1. The number of para-hydroxylation sites is 1. The maximum atomic E-state index is 12.2. The van der Waals surface area contributed by atoms with Crippen LogP contribution in [0.5, 0.6) is 5.88 Å². The van der Waals surface area contributed by atoms with Crippen LogP contribution in [0, 0.1) is 0 Å². The number of nitrogens with zero attached hydrogens (tertiary/aromatic N) is 2. The topological polar surface area (TPSA) is 76.4 Å². The third-order valence-corrected chi connectivity index (χ3v) is 4.30. The van der Waals surface area contributed by atoms with Crippen molar-refractivity contribution >= 4 is 5.91 Å². The molecule has 128 valence electrons. The molecular weight excluding hydrogens is 306 g/mol. The number of hydrogen-bond acceptors (Lipinski definition) is 4. The monoisotopic (exact) mass is 329 g/mol. The van der Waals surface area contributed by atoms with E-state index in [1.807, 2.05) is 30.3 Å². The maximum Gasteiger partial charge on any atom is 0.261 e. The Morgan fingerprint density at radius 2 is 1.96 bits per heavy atom. The molecule has 24 heavy (non-hydrogen) atoms. The van der Waals surface area contributed by atoms with Gasteiger partial charge in [-0.3, -0.25) is 4.79 Å². The molecule has 1 amide bonds. The Hall–Kier alpha value is -2.34. The number of carbonyl (C=O) groups excluding carboxylic acids is 1. The quantitative estimate of drug-likeness (QED) is 0.880. The highest BCUT2D eigenvalue weighted by atomic mass is 16.5. The van der Waals surface area contributed by atoms with Gasteiger partial charge in [0.05, 0.1) is 11.8 Å². The number of benzene rings is 1. The highest BCUT2D eigenvalue weighted by molar-refractivity contribution is 5.80. The van der Waals surface area contributed by atoms with E-state index in [-0.39, 0.29) is 18.1 Å². The predicted octanol–water partition coefficient (Wildman–Crippen LogP) is 2.06. The second kappa shape index (κ2) is 7.49. The molecule has 1 aromatic carbocycles. The van der Waals surface area contributed by atoms with E-state index in [4.69, 9.17) is 4.74 Å². The van der Waals surface area contributed by atoms with E-state index in [9.17, 15) is 9.90 Å². The molecule has 2 N–H and O–H groups in total. The van der Waals surface area contributed by atoms with Crippen LogP contribution in [0.4, 0.5) is 0 Å². The van der Waals surface area contributed by atoms with E-state index in [0.717, 1.165) is 31.4 Å². The van der Waals surface area contributed by atoms with Crippen molar-refractivity contribution in [3.63, 3.8) is 0 Å². The predicted molar refractivity (Wildman–Crippen MR) is 90.1 cm³/mol. The molecule has 0 saturated heterocycles. The highest BCUT2D eigenvalue weighted by Crippen LogP contribution is 2.19. The molecule has 1 aromatic heterocycles. The molecule has 1 atom stereocenters. The van der Waals surface area contributed by atoms with Gasteiger partial charge >= 0.3 is 0 Å². The van der Waals surface area contributed by atoms with Gasteiger partial charge in [0, 0.05) is 18.3 Å². The molecule has 1 saturated carbocycles. The lowest BCUT2D eigenvalue weighted by Gasteiger charge is -2.27. The number of rotatable bonds is 5. The molecule has 0 bridgehead atoms. The maximum absolute atomic E-state index is 12.2. The third-order valence-electron chi connectivity index (χ3n) is 4.30. The fraction of sp³-hybridized carbons (Fsp3) is 0.444. The van der Waals surface area contributed by atoms with E-state index in [0.29, 0.717) is 5.88 Å². The van der Waals surface area contributed by atoms with Crippen LogP contribution in [0.2, 0.25) is 0 Å². The summed E-state index contributed by atoms with van der Waals surface area (Å²) in [5.41, 5.74) is 0.935. The Bertz CT molecular complexity index is 663. The summed E-state index contributed by atoms with van der Waals surface area (Å²) in [5, 5.41) is 16.8. The first-order valence-corrected chi connectivity index (χ1v) is 8.38. The first-order chi connectivity index (χ1) is 11.6. The summed E-state index contributed by atoms with van der Waals surface area (Å²) in [4.78, 5) is 12.2. The molecule has 6 nitrogen and oxygen atoms in total.